The van der Waals surface area contributed by atoms with Crippen molar-refractivity contribution in [1.82, 2.24) is 9.80 Å². The van der Waals surface area contributed by atoms with E-state index < -0.39 is 47.7 Å². The minimum Gasteiger partial charge on any atom is -0.349 e. The molecule has 212 valence electrons. The van der Waals surface area contributed by atoms with E-state index in [4.69, 9.17) is 9.47 Å². The molecule has 4 rings (SSSR count). The van der Waals surface area contributed by atoms with Crippen LogP contribution >= 0.6 is 0 Å². The molecule has 2 heterocycles. The third kappa shape index (κ3) is 7.72. The molecule has 0 aromatic heterocycles. The summed E-state index contributed by atoms with van der Waals surface area (Å²) >= 11 is 0. The average Bonchev–Trinajstić information content (AvgIpc) is 3.40. The second-order valence-corrected chi connectivity index (χ2v) is 9.66. The predicted octanol–water partition coefficient (Wildman–Crippen LogP) is 6.44. The number of benzene rings is 2. The van der Waals surface area contributed by atoms with Gasteiger partial charge in [-0.3, -0.25) is 9.80 Å². The number of halogens is 7. The summed E-state index contributed by atoms with van der Waals surface area (Å²) in [6.45, 7) is 5.01. The van der Waals surface area contributed by atoms with Crippen LogP contribution in [0.4, 0.5) is 30.7 Å². The Morgan fingerprint density at radius 3 is 2.08 bits per heavy atom. The van der Waals surface area contributed by atoms with Crippen LogP contribution in [0.1, 0.15) is 54.2 Å². The molecule has 39 heavy (non-hydrogen) atoms. The van der Waals surface area contributed by atoms with Gasteiger partial charge in [-0.05, 0) is 74.3 Å². The minimum atomic E-state index is -4.97. The van der Waals surface area contributed by atoms with Gasteiger partial charge in [0.15, 0.2) is 6.29 Å². The molecule has 0 bridgehead atoms. The average molecular weight is 559 g/mol. The normalized spacial score (nSPS) is 21.9. The second kappa shape index (κ2) is 12.3. The summed E-state index contributed by atoms with van der Waals surface area (Å²) in [5.41, 5.74) is -2.51. The van der Waals surface area contributed by atoms with E-state index in [0.29, 0.717) is 37.3 Å². The summed E-state index contributed by atoms with van der Waals surface area (Å²) < 4.78 is 106. The predicted molar refractivity (Wildman–Crippen MR) is 130 cm³/mol. The molecule has 0 spiro atoms. The molecule has 0 amide bonds. The van der Waals surface area contributed by atoms with Crippen molar-refractivity contribution in [2.75, 3.05) is 39.3 Å². The highest BCUT2D eigenvalue weighted by atomic mass is 19.4. The number of alkyl halides is 6. The van der Waals surface area contributed by atoms with E-state index in [1.54, 1.807) is 12.1 Å². The monoisotopic (exact) mass is 558 g/mol. The van der Waals surface area contributed by atoms with Gasteiger partial charge < -0.3 is 9.47 Å². The summed E-state index contributed by atoms with van der Waals surface area (Å²) in [6, 6.07) is 6.40. The maximum Gasteiger partial charge on any atom is 0.416 e. The number of morpholine rings is 1. The Morgan fingerprint density at radius 1 is 0.897 bits per heavy atom. The van der Waals surface area contributed by atoms with Crippen molar-refractivity contribution in [1.29, 1.82) is 0 Å². The lowest BCUT2D eigenvalue weighted by Crippen LogP contribution is -2.46. The zero-order valence-electron chi connectivity index (χ0n) is 21.3. The van der Waals surface area contributed by atoms with Crippen LogP contribution < -0.4 is 0 Å². The summed E-state index contributed by atoms with van der Waals surface area (Å²) in [7, 11) is 0. The highest BCUT2D eigenvalue weighted by molar-refractivity contribution is 5.35. The quantitative estimate of drug-likeness (QED) is 0.301. The Balaban J connectivity index is 1.58. The number of likely N-dealkylation sites (tertiary alicyclic amines) is 1. The first kappa shape index (κ1) is 29.3. The van der Waals surface area contributed by atoms with E-state index in [2.05, 4.69) is 16.7 Å². The third-order valence-corrected chi connectivity index (χ3v) is 6.85. The van der Waals surface area contributed by atoms with E-state index in [1.807, 2.05) is 4.90 Å². The molecule has 11 heteroatoms. The molecule has 2 fully saturated rings. The van der Waals surface area contributed by atoms with Crippen molar-refractivity contribution in [3.05, 3.63) is 70.5 Å². The molecule has 0 unspecified atom stereocenters. The first-order chi connectivity index (χ1) is 18.4. The van der Waals surface area contributed by atoms with E-state index in [9.17, 15) is 30.7 Å². The van der Waals surface area contributed by atoms with Gasteiger partial charge in [0.2, 0.25) is 0 Å². The molecule has 2 aliphatic heterocycles. The number of ether oxygens (including phenoxy) is 2. The fourth-order valence-corrected chi connectivity index (χ4v) is 4.77. The van der Waals surface area contributed by atoms with Crippen LogP contribution in [-0.4, -0.2) is 55.4 Å². The topological polar surface area (TPSA) is 24.9 Å². The lowest BCUT2D eigenvalue weighted by atomic mass is 10.0. The van der Waals surface area contributed by atoms with E-state index >= 15 is 0 Å². The van der Waals surface area contributed by atoms with Gasteiger partial charge >= 0.3 is 12.4 Å². The molecule has 2 aromatic rings. The molecule has 2 saturated heterocycles. The van der Waals surface area contributed by atoms with Gasteiger partial charge in [-0.15, -0.1) is 0 Å². The van der Waals surface area contributed by atoms with E-state index in [0.717, 1.165) is 25.9 Å². The van der Waals surface area contributed by atoms with Gasteiger partial charge in [-0.2, -0.15) is 26.3 Å². The molecular formula is C28H29F7N2O2. The molecular weight excluding hydrogens is 529 g/mol. The Hall–Kier alpha value is -2.65. The van der Waals surface area contributed by atoms with Crippen LogP contribution in [-0.2, 0) is 21.8 Å². The fraction of sp³-hybridized carbons (Fsp3) is 0.500. The maximum absolute atomic E-state index is 13.7. The fourth-order valence-electron chi connectivity index (χ4n) is 4.77. The first-order valence-electron chi connectivity index (χ1n) is 12.7. The van der Waals surface area contributed by atoms with Gasteiger partial charge in [-0.25, -0.2) is 4.39 Å². The molecule has 0 aliphatic carbocycles. The Kier molecular flexibility index (Phi) is 9.21. The van der Waals surface area contributed by atoms with Gasteiger partial charge in [0.1, 0.15) is 5.82 Å². The number of hydrogen-bond acceptors (Lipinski definition) is 4. The summed E-state index contributed by atoms with van der Waals surface area (Å²) in [5, 5.41) is 0. The van der Waals surface area contributed by atoms with E-state index in [-0.39, 0.29) is 18.2 Å². The van der Waals surface area contributed by atoms with Crippen molar-refractivity contribution in [2.45, 2.75) is 50.6 Å². The molecule has 4 nitrogen and oxygen atoms in total. The summed E-state index contributed by atoms with van der Waals surface area (Å²) in [6.07, 6.45) is -9.89. The van der Waals surface area contributed by atoms with Gasteiger partial charge in [-0.1, -0.05) is 24.0 Å². The second-order valence-electron chi connectivity index (χ2n) is 9.66. The van der Waals surface area contributed by atoms with Gasteiger partial charge in [0.25, 0.3) is 0 Å². The molecule has 2 aliphatic rings. The zero-order valence-corrected chi connectivity index (χ0v) is 21.3. The van der Waals surface area contributed by atoms with Crippen LogP contribution in [0.5, 0.6) is 0 Å². The van der Waals surface area contributed by atoms with Crippen molar-refractivity contribution < 1.29 is 40.2 Å². The number of hydrogen-bond donors (Lipinski definition) is 0. The van der Waals surface area contributed by atoms with E-state index in [1.165, 1.54) is 19.1 Å². The zero-order chi connectivity index (χ0) is 28.2. The summed E-state index contributed by atoms with van der Waals surface area (Å²) in [5.74, 6) is 5.85. The third-order valence-electron chi connectivity index (χ3n) is 6.85. The summed E-state index contributed by atoms with van der Waals surface area (Å²) in [4.78, 5) is 4.21. The SMILES string of the molecule is C[C@@H](O[C@H]1OCCN(CC#CCN2CCCC2)[C@H]1c1ccc(F)cc1)c1cc(C(F)(F)F)cc(C(F)(F)F)c1. The van der Waals surface area contributed by atoms with Gasteiger partial charge in [0.05, 0.1) is 43.0 Å². The van der Waals surface area contributed by atoms with Crippen LogP contribution in [0.3, 0.4) is 0 Å². The Bertz CT molecular complexity index is 1130. The first-order valence-corrected chi connectivity index (χ1v) is 12.7. The van der Waals surface area contributed by atoms with Crippen LogP contribution in [0.25, 0.3) is 0 Å². The van der Waals surface area contributed by atoms with Crippen LogP contribution in [0, 0.1) is 17.7 Å². The Morgan fingerprint density at radius 2 is 1.49 bits per heavy atom. The highest BCUT2D eigenvalue weighted by Crippen LogP contribution is 2.39. The van der Waals surface area contributed by atoms with Crippen molar-refractivity contribution in [3.63, 3.8) is 0 Å². The molecule has 2 aromatic carbocycles. The lowest BCUT2D eigenvalue weighted by molar-refractivity contribution is -0.228. The van der Waals surface area contributed by atoms with Crippen molar-refractivity contribution in [3.8, 4) is 11.8 Å². The minimum absolute atomic E-state index is 0.0806. The van der Waals surface area contributed by atoms with Crippen molar-refractivity contribution >= 4 is 0 Å². The Labute approximate surface area is 222 Å². The largest absolute Gasteiger partial charge is 0.416 e. The number of rotatable bonds is 6. The molecule has 0 saturated carbocycles. The van der Waals surface area contributed by atoms with Crippen LogP contribution in [0.15, 0.2) is 42.5 Å². The molecule has 0 N–H and O–H groups in total. The van der Waals surface area contributed by atoms with Crippen molar-refractivity contribution in [2.24, 2.45) is 0 Å². The standard InChI is InChI=1S/C28H29F7N2O2/c1-19(21-16-22(27(30,31)32)18-23(17-21)28(33,34)35)39-26-25(20-6-8-24(29)9-7-20)37(14-15-38-26)13-5-4-12-36-10-2-3-11-36/h6-9,16-19,25-26H,2-3,10-15H2,1H3/t19-,25+,26-/m1/s1. The lowest BCUT2D eigenvalue weighted by Gasteiger charge is -2.41. The molecule has 0 radical (unpaired) electrons. The highest BCUT2D eigenvalue weighted by Gasteiger charge is 2.39. The smallest absolute Gasteiger partial charge is 0.349 e. The molecule has 3 atom stereocenters. The van der Waals surface area contributed by atoms with Gasteiger partial charge in [0, 0.05) is 6.54 Å². The number of nitrogens with zero attached hydrogens (tertiary/aromatic N) is 2. The van der Waals surface area contributed by atoms with Crippen LogP contribution in [0.2, 0.25) is 0 Å². The maximum atomic E-state index is 13.7.